The highest BCUT2D eigenvalue weighted by Crippen LogP contribution is 2.42. The van der Waals surface area contributed by atoms with Crippen LogP contribution in [0.4, 0.5) is 0 Å². The van der Waals surface area contributed by atoms with Gasteiger partial charge in [0.05, 0.1) is 0 Å². The van der Waals surface area contributed by atoms with E-state index in [2.05, 4.69) is 36.1 Å². The van der Waals surface area contributed by atoms with Crippen molar-refractivity contribution < 1.29 is 4.79 Å². The first-order chi connectivity index (χ1) is 10.7. The topological polar surface area (TPSA) is 47.3 Å². The molecule has 4 rings (SSSR count). The second-order valence-corrected chi connectivity index (χ2v) is 7.14. The van der Waals surface area contributed by atoms with Crippen molar-refractivity contribution in [2.45, 2.75) is 38.5 Å². The van der Waals surface area contributed by atoms with Crippen molar-refractivity contribution in [1.82, 2.24) is 14.6 Å². The van der Waals surface area contributed by atoms with Gasteiger partial charge >= 0.3 is 0 Å². The van der Waals surface area contributed by atoms with Crippen molar-refractivity contribution in [2.24, 2.45) is 0 Å². The van der Waals surface area contributed by atoms with Crippen molar-refractivity contribution in [2.75, 3.05) is 0 Å². The molecule has 0 N–H and O–H groups in total. The monoisotopic (exact) mass is 311 g/mol. The fourth-order valence-electron chi connectivity index (χ4n) is 2.62. The molecule has 0 amide bonds. The van der Waals surface area contributed by atoms with Crippen LogP contribution in [0.5, 0.6) is 0 Å². The molecule has 1 fully saturated rings. The lowest BCUT2D eigenvalue weighted by molar-refractivity contribution is 0.111. The van der Waals surface area contributed by atoms with Gasteiger partial charge in [-0.25, -0.2) is 4.98 Å². The van der Waals surface area contributed by atoms with Crippen molar-refractivity contribution in [3.63, 3.8) is 0 Å². The number of carbonyl (C=O) groups is 1. The second-order valence-electron chi connectivity index (χ2n) is 6.15. The van der Waals surface area contributed by atoms with Crippen molar-refractivity contribution in [3.8, 4) is 11.3 Å². The molecule has 5 heteroatoms. The molecule has 0 spiro atoms. The highest BCUT2D eigenvalue weighted by molar-refractivity contribution is 7.16. The van der Waals surface area contributed by atoms with E-state index in [4.69, 9.17) is 0 Å². The van der Waals surface area contributed by atoms with E-state index in [-0.39, 0.29) is 0 Å². The third-order valence-electron chi connectivity index (χ3n) is 4.14. The van der Waals surface area contributed by atoms with Gasteiger partial charge in [0.1, 0.15) is 16.4 Å². The Morgan fingerprint density at radius 3 is 2.59 bits per heavy atom. The number of rotatable bonds is 4. The number of imidazole rings is 1. The molecule has 1 aliphatic carbocycles. The van der Waals surface area contributed by atoms with Crippen LogP contribution in [0.15, 0.2) is 24.3 Å². The number of aldehydes is 1. The first-order valence-electron chi connectivity index (χ1n) is 7.62. The average molecular weight is 311 g/mol. The summed E-state index contributed by atoms with van der Waals surface area (Å²) in [6.07, 6.45) is 3.27. The molecule has 22 heavy (non-hydrogen) atoms. The van der Waals surface area contributed by atoms with Crippen molar-refractivity contribution in [1.29, 1.82) is 0 Å². The van der Waals surface area contributed by atoms with Gasteiger partial charge in [-0.1, -0.05) is 49.4 Å². The Kier molecular flexibility index (Phi) is 3.11. The van der Waals surface area contributed by atoms with E-state index in [1.54, 1.807) is 15.9 Å². The first kappa shape index (κ1) is 13.6. The third kappa shape index (κ3) is 2.16. The first-order valence-corrected chi connectivity index (χ1v) is 8.44. The van der Waals surface area contributed by atoms with Gasteiger partial charge in [0.2, 0.25) is 4.96 Å². The molecule has 0 bridgehead atoms. The van der Waals surface area contributed by atoms with E-state index in [1.165, 1.54) is 18.4 Å². The summed E-state index contributed by atoms with van der Waals surface area (Å²) in [5.74, 6) is 1.08. The van der Waals surface area contributed by atoms with E-state index in [1.807, 2.05) is 12.1 Å². The normalized spacial score (nSPS) is 14.9. The maximum atomic E-state index is 11.5. The van der Waals surface area contributed by atoms with Gasteiger partial charge in [0, 0.05) is 11.5 Å². The summed E-state index contributed by atoms with van der Waals surface area (Å²) in [5.41, 5.74) is 3.53. The molecule has 1 aliphatic rings. The van der Waals surface area contributed by atoms with Crippen LogP contribution in [0.3, 0.4) is 0 Å². The zero-order valence-electron chi connectivity index (χ0n) is 12.6. The lowest BCUT2D eigenvalue weighted by Gasteiger charge is -2.05. The molecule has 2 aromatic heterocycles. The summed E-state index contributed by atoms with van der Waals surface area (Å²) in [5, 5.41) is 5.68. The maximum Gasteiger partial charge on any atom is 0.213 e. The standard InChI is InChI=1S/C17H17N3OS/c1-10(2)11-3-5-12(6-4-11)15-14(9-21)20-17(18-15)22-16(19-20)13-7-8-13/h3-6,9-10,13H,7-8H2,1-2H3. The van der Waals surface area contributed by atoms with Crippen molar-refractivity contribution >= 4 is 22.6 Å². The van der Waals surface area contributed by atoms with Crippen LogP contribution in [0.25, 0.3) is 16.2 Å². The molecule has 112 valence electrons. The number of hydrogen-bond acceptors (Lipinski definition) is 4. The van der Waals surface area contributed by atoms with E-state index in [0.717, 1.165) is 27.5 Å². The second kappa shape index (κ2) is 5.02. The van der Waals surface area contributed by atoms with E-state index in [0.29, 0.717) is 17.5 Å². The molecule has 0 saturated heterocycles. The molecule has 4 nitrogen and oxygen atoms in total. The van der Waals surface area contributed by atoms with E-state index in [9.17, 15) is 4.79 Å². The predicted octanol–water partition coefficient (Wildman–Crippen LogP) is 4.27. The van der Waals surface area contributed by atoms with Crippen LogP contribution < -0.4 is 0 Å². The number of hydrogen-bond donors (Lipinski definition) is 0. The van der Waals surface area contributed by atoms with Crippen LogP contribution in [0.1, 0.15) is 59.6 Å². The molecule has 1 aromatic carbocycles. The molecule has 0 atom stereocenters. The minimum Gasteiger partial charge on any atom is -0.296 e. The fourth-order valence-corrected chi connectivity index (χ4v) is 3.69. The van der Waals surface area contributed by atoms with Crippen LogP contribution >= 0.6 is 11.3 Å². The third-order valence-corrected chi connectivity index (χ3v) is 5.21. The summed E-state index contributed by atoms with van der Waals surface area (Å²) in [4.78, 5) is 17.0. The molecule has 1 saturated carbocycles. The SMILES string of the molecule is CC(C)c1ccc(-c2nc3sc(C4CC4)nn3c2C=O)cc1. The molecule has 0 radical (unpaired) electrons. The van der Waals surface area contributed by atoms with Crippen molar-refractivity contribution in [3.05, 3.63) is 40.5 Å². The summed E-state index contributed by atoms with van der Waals surface area (Å²) < 4.78 is 1.71. The average Bonchev–Trinajstić information content (AvgIpc) is 3.20. The van der Waals surface area contributed by atoms with Gasteiger partial charge in [-0.05, 0) is 24.3 Å². The molecular formula is C17H17N3OS. The van der Waals surface area contributed by atoms with E-state index >= 15 is 0 Å². The summed E-state index contributed by atoms with van der Waals surface area (Å²) in [7, 11) is 0. The zero-order chi connectivity index (χ0) is 15.3. The summed E-state index contributed by atoms with van der Waals surface area (Å²) in [6, 6.07) is 8.28. The Balaban J connectivity index is 1.80. The summed E-state index contributed by atoms with van der Waals surface area (Å²) in [6.45, 7) is 4.34. The Labute approximate surface area is 132 Å². The highest BCUT2D eigenvalue weighted by Gasteiger charge is 2.29. The Hall–Kier alpha value is -2.01. The smallest absolute Gasteiger partial charge is 0.213 e. The minimum absolute atomic E-state index is 0.493. The van der Waals surface area contributed by atoms with Gasteiger partial charge in [-0.15, -0.1) is 0 Å². The number of benzene rings is 1. The zero-order valence-corrected chi connectivity index (χ0v) is 13.4. The lowest BCUT2D eigenvalue weighted by Crippen LogP contribution is -1.95. The highest BCUT2D eigenvalue weighted by atomic mass is 32.1. The van der Waals surface area contributed by atoms with Gasteiger partial charge in [0.25, 0.3) is 0 Å². The van der Waals surface area contributed by atoms with Crippen LogP contribution in [-0.2, 0) is 0 Å². The minimum atomic E-state index is 0.493. The largest absolute Gasteiger partial charge is 0.296 e. The number of nitrogens with zero attached hydrogens (tertiary/aromatic N) is 3. The van der Waals surface area contributed by atoms with E-state index < -0.39 is 0 Å². The van der Waals surface area contributed by atoms with Crippen LogP contribution in [-0.4, -0.2) is 20.9 Å². The van der Waals surface area contributed by atoms with Crippen LogP contribution in [0, 0.1) is 0 Å². The molecule has 2 heterocycles. The Bertz CT molecular complexity index is 841. The number of aromatic nitrogens is 3. The summed E-state index contributed by atoms with van der Waals surface area (Å²) >= 11 is 1.60. The maximum absolute atomic E-state index is 11.5. The molecule has 0 unspecified atom stereocenters. The Morgan fingerprint density at radius 2 is 2.00 bits per heavy atom. The number of fused-ring (bicyclic) bond motifs is 1. The predicted molar refractivity (Wildman–Crippen MR) is 87.8 cm³/mol. The van der Waals surface area contributed by atoms with Gasteiger partial charge in [-0.2, -0.15) is 9.61 Å². The quantitative estimate of drug-likeness (QED) is 0.676. The molecule has 0 aliphatic heterocycles. The Morgan fingerprint density at radius 1 is 1.27 bits per heavy atom. The molecular weight excluding hydrogens is 294 g/mol. The molecule has 3 aromatic rings. The fraction of sp³-hybridized carbons (Fsp3) is 0.353. The van der Waals surface area contributed by atoms with Gasteiger partial charge < -0.3 is 0 Å². The number of carbonyl (C=O) groups excluding carboxylic acids is 1. The van der Waals surface area contributed by atoms with Crippen LogP contribution in [0.2, 0.25) is 0 Å². The van der Waals surface area contributed by atoms with Gasteiger partial charge in [0.15, 0.2) is 6.29 Å². The lowest BCUT2D eigenvalue weighted by atomic mass is 10.0. The van der Waals surface area contributed by atoms with Gasteiger partial charge in [-0.3, -0.25) is 4.79 Å².